The van der Waals surface area contributed by atoms with Crippen molar-refractivity contribution >= 4 is 5.96 Å². The normalized spacial score (nSPS) is 28.7. The zero-order valence-corrected chi connectivity index (χ0v) is 10.9. The fourth-order valence-electron chi connectivity index (χ4n) is 3.25. The number of hydrogen-bond donors (Lipinski definition) is 2. The van der Waals surface area contributed by atoms with Crippen LogP contribution in [0.25, 0.3) is 0 Å². The fourth-order valence-corrected chi connectivity index (χ4v) is 3.25. The van der Waals surface area contributed by atoms with E-state index in [1.54, 1.807) is 11.1 Å². The topological polar surface area (TPSA) is 50.4 Å². The summed E-state index contributed by atoms with van der Waals surface area (Å²) in [5, 5.41) is 3.13. The van der Waals surface area contributed by atoms with E-state index in [0.29, 0.717) is 5.96 Å². The van der Waals surface area contributed by atoms with Crippen LogP contribution in [-0.4, -0.2) is 19.0 Å². The van der Waals surface area contributed by atoms with E-state index in [1.165, 1.54) is 6.42 Å². The molecule has 1 fully saturated rings. The van der Waals surface area contributed by atoms with Crippen molar-refractivity contribution < 1.29 is 0 Å². The van der Waals surface area contributed by atoms with Gasteiger partial charge >= 0.3 is 0 Å². The third-order valence-corrected chi connectivity index (χ3v) is 4.23. The molecule has 2 aliphatic carbocycles. The first-order valence-electron chi connectivity index (χ1n) is 6.93. The molecular formula is C15H21N3. The molecule has 3 atom stereocenters. The zero-order valence-electron chi connectivity index (χ0n) is 10.9. The van der Waals surface area contributed by atoms with Crippen LogP contribution in [-0.2, 0) is 6.42 Å². The molecule has 0 bridgehead atoms. The SMILES string of the molecule is CCCNC(N)=NCC1C2Cc3ccccc3C12. The van der Waals surface area contributed by atoms with E-state index in [0.717, 1.165) is 37.3 Å². The molecule has 1 saturated carbocycles. The lowest BCUT2D eigenvalue weighted by Crippen LogP contribution is -2.32. The van der Waals surface area contributed by atoms with E-state index in [-0.39, 0.29) is 0 Å². The summed E-state index contributed by atoms with van der Waals surface area (Å²) in [6, 6.07) is 8.84. The van der Waals surface area contributed by atoms with Gasteiger partial charge in [-0.25, -0.2) is 0 Å². The molecule has 0 radical (unpaired) electrons. The molecule has 3 nitrogen and oxygen atoms in total. The van der Waals surface area contributed by atoms with Crippen molar-refractivity contribution in [2.45, 2.75) is 25.7 Å². The Bertz CT molecular complexity index is 467. The Morgan fingerprint density at radius 3 is 3.11 bits per heavy atom. The van der Waals surface area contributed by atoms with Crippen LogP contribution in [0.15, 0.2) is 29.3 Å². The minimum atomic E-state index is 0.607. The van der Waals surface area contributed by atoms with Gasteiger partial charge in [0.2, 0.25) is 0 Å². The Labute approximate surface area is 108 Å². The number of aliphatic imine (C=N–C) groups is 1. The molecule has 0 aromatic heterocycles. The van der Waals surface area contributed by atoms with Crippen molar-refractivity contribution in [1.29, 1.82) is 0 Å². The van der Waals surface area contributed by atoms with E-state index in [2.05, 4.69) is 41.5 Å². The molecule has 96 valence electrons. The zero-order chi connectivity index (χ0) is 12.5. The Balaban J connectivity index is 1.57. The van der Waals surface area contributed by atoms with Crippen molar-refractivity contribution in [3.63, 3.8) is 0 Å². The third kappa shape index (κ3) is 1.98. The second kappa shape index (κ2) is 4.63. The summed E-state index contributed by atoms with van der Waals surface area (Å²) in [6.45, 7) is 3.92. The van der Waals surface area contributed by atoms with E-state index in [1.807, 2.05) is 0 Å². The van der Waals surface area contributed by atoms with Crippen LogP contribution in [0.5, 0.6) is 0 Å². The van der Waals surface area contributed by atoms with Gasteiger partial charge in [0.05, 0.1) is 0 Å². The highest BCUT2D eigenvalue weighted by Crippen LogP contribution is 2.61. The smallest absolute Gasteiger partial charge is 0.188 e. The van der Waals surface area contributed by atoms with Gasteiger partial charge in [-0.15, -0.1) is 0 Å². The summed E-state index contributed by atoms with van der Waals surface area (Å²) in [7, 11) is 0. The maximum absolute atomic E-state index is 5.82. The largest absolute Gasteiger partial charge is 0.370 e. The molecule has 3 N–H and O–H groups in total. The molecule has 0 saturated heterocycles. The number of nitrogens with one attached hydrogen (secondary N) is 1. The van der Waals surface area contributed by atoms with Crippen LogP contribution in [0.3, 0.4) is 0 Å². The molecule has 0 heterocycles. The summed E-state index contributed by atoms with van der Waals surface area (Å²) >= 11 is 0. The lowest BCUT2D eigenvalue weighted by molar-refractivity contribution is 0.696. The highest BCUT2D eigenvalue weighted by molar-refractivity contribution is 5.77. The van der Waals surface area contributed by atoms with E-state index >= 15 is 0 Å². The number of nitrogens with zero attached hydrogens (tertiary/aromatic N) is 1. The van der Waals surface area contributed by atoms with Gasteiger partial charge in [0.25, 0.3) is 0 Å². The third-order valence-electron chi connectivity index (χ3n) is 4.23. The van der Waals surface area contributed by atoms with Crippen molar-refractivity contribution in [3.05, 3.63) is 35.4 Å². The van der Waals surface area contributed by atoms with Gasteiger partial charge in [-0.05, 0) is 41.7 Å². The van der Waals surface area contributed by atoms with Crippen molar-refractivity contribution in [2.24, 2.45) is 22.6 Å². The maximum Gasteiger partial charge on any atom is 0.188 e. The van der Waals surface area contributed by atoms with Crippen LogP contribution in [0.1, 0.15) is 30.4 Å². The Kier molecular flexibility index (Phi) is 2.98. The van der Waals surface area contributed by atoms with Crippen LogP contribution >= 0.6 is 0 Å². The minimum absolute atomic E-state index is 0.607. The van der Waals surface area contributed by atoms with Crippen molar-refractivity contribution in [1.82, 2.24) is 5.32 Å². The molecule has 2 aliphatic rings. The van der Waals surface area contributed by atoms with E-state index in [4.69, 9.17) is 5.73 Å². The maximum atomic E-state index is 5.82. The Hall–Kier alpha value is -1.51. The van der Waals surface area contributed by atoms with Crippen molar-refractivity contribution in [2.75, 3.05) is 13.1 Å². The molecule has 3 unspecified atom stereocenters. The number of hydrogen-bond acceptors (Lipinski definition) is 1. The Morgan fingerprint density at radius 2 is 2.28 bits per heavy atom. The monoisotopic (exact) mass is 243 g/mol. The molecule has 0 spiro atoms. The fraction of sp³-hybridized carbons (Fsp3) is 0.533. The molecule has 18 heavy (non-hydrogen) atoms. The first-order valence-corrected chi connectivity index (χ1v) is 6.93. The minimum Gasteiger partial charge on any atom is -0.370 e. The molecule has 1 aromatic rings. The van der Waals surface area contributed by atoms with Gasteiger partial charge in [0.15, 0.2) is 5.96 Å². The summed E-state index contributed by atoms with van der Waals surface area (Å²) in [4.78, 5) is 4.46. The van der Waals surface area contributed by atoms with Crippen LogP contribution in [0, 0.1) is 11.8 Å². The predicted octanol–water partition coefficient (Wildman–Crippen LogP) is 1.89. The van der Waals surface area contributed by atoms with Crippen molar-refractivity contribution in [3.8, 4) is 0 Å². The lowest BCUT2D eigenvalue weighted by atomic mass is 10.0. The number of benzene rings is 1. The number of fused-ring (bicyclic) bond motifs is 3. The molecule has 3 heteroatoms. The van der Waals surface area contributed by atoms with Gasteiger partial charge in [0, 0.05) is 13.1 Å². The average molecular weight is 243 g/mol. The molecule has 0 aliphatic heterocycles. The molecule has 1 aromatic carbocycles. The molecule has 3 rings (SSSR count). The standard InChI is InChI=1S/C15H21N3/c1-2-7-17-15(16)18-9-13-12-8-10-5-3-4-6-11(10)14(12)13/h3-6,12-14H,2,7-9H2,1H3,(H3,16,17,18). The van der Waals surface area contributed by atoms with Crippen LogP contribution in [0.4, 0.5) is 0 Å². The van der Waals surface area contributed by atoms with Gasteiger partial charge in [-0.1, -0.05) is 31.2 Å². The quantitative estimate of drug-likeness (QED) is 0.626. The van der Waals surface area contributed by atoms with E-state index < -0.39 is 0 Å². The lowest BCUT2D eigenvalue weighted by Gasteiger charge is -2.06. The highest BCUT2D eigenvalue weighted by Gasteiger charge is 2.54. The van der Waals surface area contributed by atoms with Gasteiger partial charge in [-0.3, -0.25) is 4.99 Å². The van der Waals surface area contributed by atoms with Crippen LogP contribution in [0.2, 0.25) is 0 Å². The summed E-state index contributed by atoms with van der Waals surface area (Å²) in [5.41, 5.74) is 8.92. The summed E-state index contributed by atoms with van der Waals surface area (Å²) in [5.74, 6) is 2.91. The van der Waals surface area contributed by atoms with Gasteiger partial charge in [0.1, 0.15) is 0 Å². The summed E-state index contributed by atoms with van der Waals surface area (Å²) in [6.07, 6.45) is 2.32. The molecular weight excluding hydrogens is 222 g/mol. The van der Waals surface area contributed by atoms with Gasteiger partial charge in [-0.2, -0.15) is 0 Å². The Morgan fingerprint density at radius 1 is 1.44 bits per heavy atom. The average Bonchev–Trinajstić information content (AvgIpc) is 2.93. The van der Waals surface area contributed by atoms with Crippen LogP contribution < -0.4 is 11.1 Å². The van der Waals surface area contributed by atoms with E-state index in [9.17, 15) is 0 Å². The number of guanidine groups is 1. The first kappa shape index (κ1) is 11.6. The summed E-state index contributed by atoms with van der Waals surface area (Å²) < 4.78 is 0. The second-order valence-corrected chi connectivity index (χ2v) is 5.41. The number of nitrogens with two attached hydrogens (primary N) is 1. The first-order chi connectivity index (χ1) is 8.81. The predicted molar refractivity (Wildman–Crippen MR) is 74.7 cm³/mol. The highest BCUT2D eigenvalue weighted by atomic mass is 15.1. The number of rotatable bonds is 4. The second-order valence-electron chi connectivity index (χ2n) is 5.41. The van der Waals surface area contributed by atoms with Gasteiger partial charge < -0.3 is 11.1 Å². The molecule has 0 amide bonds.